The average molecular weight is 322 g/mol. The second kappa shape index (κ2) is 6.55. The van der Waals surface area contributed by atoms with Gasteiger partial charge in [0.15, 0.2) is 12.6 Å². The van der Waals surface area contributed by atoms with E-state index in [9.17, 15) is 9.59 Å². The molecule has 1 aromatic carbocycles. The Labute approximate surface area is 135 Å². The quantitative estimate of drug-likeness (QED) is 0.847. The summed E-state index contributed by atoms with van der Waals surface area (Å²) in [6, 6.07) is 6.91. The van der Waals surface area contributed by atoms with Crippen molar-refractivity contribution in [2.45, 2.75) is 52.8 Å². The van der Waals surface area contributed by atoms with Crippen LogP contribution in [0.25, 0.3) is 0 Å². The predicted molar refractivity (Wildman–Crippen MR) is 83.3 cm³/mol. The molecule has 2 rings (SSSR count). The molecule has 0 saturated carbocycles. The third kappa shape index (κ3) is 4.67. The maximum atomic E-state index is 12.3. The summed E-state index contributed by atoms with van der Waals surface area (Å²) in [7, 11) is 0. The van der Waals surface area contributed by atoms with Crippen LogP contribution in [-0.4, -0.2) is 23.9 Å². The summed E-state index contributed by atoms with van der Waals surface area (Å²) in [5.41, 5.74) is 3.10. The van der Waals surface area contributed by atoms with Crippen molar-refractivity contribution in [2.24, 2.45) is 0 Å². The number of carbonyl (C=O) groups is 2. The summed E-state index contributed by atoms with van der Waals surface area (Å²) in [5.74, 6) is -0.376. The number of nitrogens with zero attached hydrogens (tertiary/aromatic N) is 1. The van der Waals surface area contributed by atoms with Crippen molar-refractivity contribution in [1.29, 1.82) is 0 Å². The Balaban J connectivity index is 2.15. The number of carbonyl (C=O) groups excluding carboxylic acids is 2. The molecule has 1 heterocycles. The van der Waals surface area contributed by atoms with Gasteiger partial charge in [-0.15, -0.1) is 0 Å². The van der Waals surface area contributed by atoms with Crippen molar-refractivity contribution in [3.63, 3.8) is 0 Å². The molecule has 0 atom stereocenters. The summed E-state index contributed by atoms with van der Waals surface area (Å²) in [6.07, 6.45) is -1.27. The second-order valence-corrected chi connectivity index (χ2v) is 6.25. The van der Waals surface area contributed by atoms with Crippen LogP contribution in [0, 0.1) is 0 Å². The van der Waals surface area contributed by atoms with Crippen LogP contribution in [0.1, 0.15) is 46.5 Å². The largest absolute Gasteiger partial charge is 0.442 e. The number of hydrogen-bond acceptors (Lipinski definition) is 5. The van der Waals surface area contributed by atoms with Gasteiger partial charge in [0.25, 0.3) is 0 Å². The Morgan fingerprint density at radius 1 is 1.17 bits per heavy atom. The van der Waals surface area contributed by atoms with E-state index in [1.807, 2.05) is 6.92 Å². The van der Waals surface area contributed by atoms with Crippen LogP contribution in [0.3, 0.4) is 0 Å². The van der Waals surface area contributed by atoms with Crippen LogP contribution < -0.4 is 10.4 Å². The Morgan fingerprint density at radius 3 is 2.17 bits per heavy atom. The average Bonchev–Trinajstić information content (AvgIpc) is 2.39. The number of hydrogen-bond donors (Lipinski definition) is 1. The molecule has 0 radical (unpaired) electrons. The molecular formula is C16H22N2O5. The highest BCUT2D eigenvalue weighted by atomic mass is 16.9. The number of hydrazine groups is 1. The first-order valence-electron chi connectivity index (χ1n) is 7.37. The van der Waals surface area contributed by atoms with Crippen molar-refractivity contribution in [3.05, 3.63) is 29.8 Å². The molecule has 1 aliphatic heterocycles. The van der Waals surface area contributed by atoms with Gasteiger partial charge >= 0.3 is 6.09 Å². The number of anilines is 1. The van der Waals surface area contributed by atoms with Gasteiger partial charge in [-0.05, 0) is 39.8 Å². The van der Waals surface area contributed by atoms with Crippen LogP contribution in [0.2, 0.25) is 0 Å². The van der Waals surface area contributed by atoms with Crippen molar-refractivity contribution >= 4 is 17.7 Å². The molecule has 7 heteroatoms. The molecule has 1 fully saturated rings. The van der Waals surface area contributed by atoms with E-state index in [4.69, 9.17) is 14.2 Å². The van der Waals surface area contributed by atoms with E-state index in [1.54, 1.807) is 45.0 Å². The summed E-state index contributed by atoms with van der Waals surface area (Å²) >= 11 is 0. The molecule has 7 nitrogen and oxygen atoms in total. The van der Waals surface area contributed by atoms with Gasteiger partial charge < -0.3 is 14.2 Å². The molecule has 1 N–H and O–H groups in total. The van der Waals surface area contributed by atoms with Gasteiger partial charge in [0.05, 0.1) is 5.69 Å². The highest BCUT2D eigenvalue weighted by molar-refractivity contribution is 5.91. The highest BCUT2D eigenvalue weighted by Crippen LogP contribution is 2.32. The zero-order valence-corrected chi connectivity index (χ0v) is 14.0. The van der Waals surface area contributed by atoms with Crippen LogP contribution >= 0.6 is 0 Å². The lowest BCUT2D eigenvalue weighted by atomic mass is 10.2. The second-order valence-electron chi connectivity index (χ2n) is 6.25. The first-order valence-corrected chi connectivity index (χ1v) is 7.37. The number of rotatable bonds is 2. The number of benzene rings is 1. The van der Waals surface area contributed by atoms with Crippen LogP contribution in [0.15, 0.2) is 24.3 Å². The fourth-order valence-electron chi connectivity index (χ4n) is 1.98. The van der Waals surface area contributed by atoms with Gasteiger partial charge in [-0.1, -0.05) is 12.1 Å². The van der Waals surface area contributed by atoms with Crippen molar-refractivity contribution in [1.82, 2.24) is 5.43 Å². The first kappa shape index (κ1) is 17.2. The van der Waals surface area contributed by atoms with Crippen molar-refractivity contribution in [2.75, 3.05) is 5.01 Å². The highest BCUT2D eigenvalue weighted by Gasteiger charge is 2.29. The van der Waals surface area contributed by atoms with Gasteiger partial charge in [0.1, 0.15) is 5.60 Å². The fourth-order valence-corrected chi connectivity index (χ4v) is 1.98. The third-order valence-electron chi connectivity index (χ3n) is 2.90. The molecule has 126 valence electrons. The van der Waals surface area contributed by atoms with Crippen LogP contribution in [-0.2, 0) is 19.0 Å². The van der Waals surface area contributed by atoms with Crippen molar-refractivity contribution < 1.29 is 23.8 Å². The molecule has 0 spiro atoms. The van der Waals surface area contributed by atoms with E-state index in [0.29, 0.717) is 5.69 Å². The Hall–Kier alpha value is -2.12. The lowest BCUT2D eigenvalue weighted by molar-refractivity contribution is -0.382. The third-order valence-corrected chi connectivity index (χ3v) is 2.90. The molecule has 0 bridgehead atoms. The first-order chi connectivity index (χ1) is 10.7. The summed E-state index contributed by atoms with van der Waals surface area (Å²) in [4.78, 5) is 23.6. The number of amides is 2. The van der Waals surface area contributed by atoms with Gasteiger partial charge in [0.2, 0.25) is 5.91 Å². The van der Waals surface area contributed by atoms with Gasteiger partial charge in [-0.2, -0.15) is 5.01 Å². The minimum Gasteiger partial charge on any atom is -0.442 e. The maximum Gasteiger partial charge on any atom is 0.434 e. The minimum absolute atomic E-state index is 0.211. The Kier molecular flexibility index (Phi) is 4.91. The summed E-state index contributed by atoms with van der Waals surface area (Å²) in [5, 5.41) is 1.07. The molecule has 0 aliphatic carbocycles. The molecule has 2 amide bonds. The smallest absolute Gasteiger partial charge is 0.434 e. The molecule has 0 aromatic heterocycles. The normalized spacial score (nSPS) is 20.4. The van der Waals surface area contributed by atoms with E-state index in [2.05, 4.69) is 5.43 Å². The van der Waals surface area contributed by atoms with E-state index in [1.165, 1.54) is 6.92 Å². The Bertz CT molecular complexity index is 573. The Morgan fingerprint density at radius 2 is 1.74 bits per heavy atom. The van der Waals surface area contributed by atoms with E-state index in [0.717, 1.165) is 10.6 Å². The predicted octanol–water partition coefficient (Wildman–Crippen LogP) is 2.87. The fraction of sp³-hybridized carbons (Fsp3) is 0.500. The zero-order valence-electron chi connectivity index (χ0n) is 14.0. The van der Waals surface area contributed by atoms with E-state index >= 15 is 0 Å². The van der Waals surface area contributed by atoms with Gasteiger partial charge in [0, 0.05) is 12.5 Å². The maximum absolute atomic E-state index is 12.3. The molecule has 1 aliphatic rings. The molecular weight excluding hydrogens is 300 g/mol. The molecule has 0 unspecified atom stereocenters. The van der Waals surface area contributed by atoms with Crippen LogP contribution in [0.4, 0.5) is 10.5 Å². The molecule has 1 saturated heterocycles. The van der Waals surface area contributed by atoms with Crippen molar-refractivity contribution in [3.8, 4) is 0 Å². The zero-order chi connectivity index (χ0) is 17.2. The lowest BCUT2D eigenvalue weighted by Gasteiger charge is -2.34. The minimum atomic E-state index is -0.669. The number of nitrogens with one attached hydrogen (secondary N) is 1. The SMILES string of the molecule is CC(=O)NN(C(=O)OC(C)(C)C)c1ccc(C2OC(C)O2)cc1. The van der Waals surface area contributed by atoms with Crippen LogP contribution in [0.5, 0.6) is 0 Å². The lowest BCUT2D eigenvalue weighted by Crippen LogP contribution is -2.47. The monoisotopic (exact) mass is 322 g/mol. The number of ether oxygens (including phenoxy) is 3. The standard InChI is InChI=1S/C16H22N2O5/c1-10(19)17-18(15(20)23-16(3,4)5)13-8-6-12(7-9-13)14-21-11(2)22-14/h6-9,11,14H,1-5H3,(H,17,19). The van der Waals surface area contributed by atoms with Gasteiger partial charge in [-0.25, -0.2) is 4.79 Å². The van der Waals surface area contributed by atoms with E-state index < -0.39 is 18.0 Å². The summed E-state index contributed by atoms with van der Waals surface area (Å²) < 4.78 is 16.1. The van der Waals surface area contributed by atoms with Gasteiger partial charge in [-0.3, -0.25) is 10.2 Å². The molecule has 1 aromatic rings. The topological polar surface area (TPSA) is 77.1 Å². The molecule has 23 heavy (non-hydrogen) atoms. The summed E-state index contributed by atoms with van der Waals surface area (Å²) in [6.45, 7) is 8.40. The van der Waals surface area contributed by atoms with E-state index in [-0.39, 0.29) is 12.2 Å².